The molecule has 0 heterocycles. The summed E-state index contributed by atoms with van der Waals surface area (Å²) in [6.07, 6.45) is -4.55. The van der Waals surface area contributed by atoms with Crippen LogP contribution in [0.1, 0.15) is 5.56 Å². The Morgan fingerprint density at radius 3 is 2.13 bits per heavy atom. The Morgan fingerprint density at radius 2 is 1.73 bits per heavy atom. The predicted molar refractivity (Wildman–Crippen MR) is 53.5 cm³/mol. The summed E-state index contributed by atoms with van der Waals surface area (Å²) in [5.74, 6) is 0. The molecule has 0 N–H and O–H groups in total. The van der Waals surface area contributed by atoms with Crippen LogP contribution in [0.15, 0.2) is 21.1 Å². The number of hydrogen-bond donors (Lipinski definition) is 0. The van der Waals surface area contributed by atoms with Crippen LogP contribution in [0.25, 0.3) is 0 Å². The standard InChI is InChI=1S/C7H2Br2F3NO2/c8-4-2-6(13(14)15)5(9)1-3(4)7(10,11)12/h1-2H. The number of hydrogen-bond acceptors (Lipinski definition) is 2. The molecule has 0 unspecified atom stereocenters. The monoisotopic (exact) mass is 347 g/mol. The van der Waals surface area contributed by atoms with Crippen molar-refractivity contribution in [3.8, 4) is 0 Å². The molecule has 0 saturated carbocycles. The summed E-state index contributed by atoms with van der Waals surface area (Å²) >= 11 is 5.35. The second-order valence-electron chi connectivity index (χ2n) is 2.54. The lowest BCUT2D eigenvalue weighted by Gasteiger charge is -2.09. The van der Waals surface area contributed by atoms with Gasteiger partial charge in [0.2, 0.25) is 0 Å². The highest BCUT2D eigenvalue weighted by Crippen LogP contribution is 2.39. The van der Waals surface area contributed by atoms with Crippen molar-refractivity contribution >= 4 is 37.5 Å². The number of nitro groups is 1. The molecule has 15 heavy (non-hydrogen) atoms. The molecular formula is C7H2Br2F3NO2. The van der Waals surface area contributed by atoms with Gasteiger partial charge in [0.15, 0.2) is 0 Å². The molecule has 3 nitrogen and oxygen atoms in total. The maximum atomic E-state index is 12.3. The lowest BCUT2D eigenvalue weighted by molar-refractivity contribution is -0.385. The molecule has 1 rings (SSSR count). The van der Waals surface area contributed by atoms with Gasteiger partial charge in [0.1, 0.15) is 0 Å². The predicted octanol–water partition coefficient (Wildman–Crippen LogP) is 4.14. The van der Waals surface area contributed by atoms with E-state index in [1.165, 1.54) is 0 Å². The third-order valence-corrected chi connectivity index (χ3v) is 2.83. The van der Waals surface area contributed by atoms with Crippen LogP contribution >= 0.6 is 31.9 Å². The summed E-state index contributed by atoms with van der Waals surface area (Å²) in [6, 6.07) is 1.48. The maximum Gasteiger partial charge on any atom is 0.417 e. The van der Waals surface area contributed by atoms with Crippen molar-refractivity contribution in [2.75, 3.05) is 0 Å². The molecule has 8 heteroatoms. The van der Waals surface area contributed by atoms with Gasteiger partial charge < -0.3 is 0 Å². The van der Waals surface area contributed by atoms with Gasteiger partial charge in [-0.15, -0.1) is 0 Å². The van der Waals surface area contributed by atoms with E-state index >= 15 is 0 Å². The number of benzene rings is 1. The molecule has 0 radical (unpaired) electrons. The van der Waals surface area contributed by atoms with Crippen LogP contribution in [-0.2, 0) is 6.18 Å². The van der Waals surface area contributed by atoms with E-state index in [1.807, 2.05) is 0 Å². The van der Waals surface area contributed by atoms with E-state index in [4.69, 9.17) is 0 Å². The summed E-state index contributed by atoms with van der Waals surface area (Å²) in [5, 5.41) is 10.4. The van der Waals surface area contributed by atoms with Crippen molar-refractivity contribution in [2.24, 2.45) is 0 Å². The molecular weight excluding hydrogens is 347 g/mol. The van der Waals surface area contributed by atoms with Gasteiger partial charge in [-0.3, -0.25) is 10.1 Å². The van der Waals surface area contributed by atoms with E-state index in [-0.39, 0.29) is 8.95 Å². The Labute approximate surface area is 98.7 Å². The molecule has 1 aromatic rings. The smallest absolute Gasteiger partial charge is 0.258 e. The summed E-state index contributed by atoms with van der Waals surface area (Å²) in [5.41, 5.74) is -1.38. The quantitative estimate of drug-likeness (QED) is 0.565. The largest absolute Gasteiger partial charge is 0.417 e. The Bertz CT molecular complexity index is 419. The Kier molecular flexibility index (Phi) is 3.39. The number of rotatable bonds is 1. The first kappa shape index (κ1) is 12.4. The van der Waals surface area contributed by atoms with Gasteiger partial charge in [-0.1, -0.05) is 0 Å². The maximum absolute atomic E-state index is 12.3. The van der Waals surface area contributed by atoms with E-state index in [2.05, 4.69) is 31.9 Å². The van der Waals surface area contributed by atoms with E-state index in [1.54, 1.807) is 0 Å². The minimum Gasteiger partial charge on any atom is -0.258 e. The molecule has 0 aromatic heterocycles. The van der Waals surface area contributed by atoms with Crippen LogP contribution in [-0.4, -0.2) is 4.92 Å². The molecule has 0 aliphatic carbocycles. The number of alkyl halides is 3. The number of halogens is 5. The summed E-state index contributed by atoms with van der Waals surface area (Å²) in [6.45, 7) is 0. The minimum atomic E-state index is -4.55. The third kappa shape index (κ3) is 2.69. The van der Waals surface area contributed by atoms with Crippen molar-refractivity contribution in [1.29, 1.82) is 0 Å². The van der Waals surface area contributed by atoms with Crippen molar-refractivity contribution in [2.45, 2.75) is 6.18 Å². The fourth-order valence-electron chi connectivity index (χ4n) is 0.893. The van der Waals surface area contributed by atoms with Crippen molar-refractivity contribution in [1.82, 2.24) is 0 Å². The van der Waals surface area contributed by atoms with Crippen molar-refractivity contribution < 1.29 is 18.1 Å². The van der Waals surface area contributed by atoms with Gasteiger partial charge in [-0.2, -0.15) is 13.2 Å². The Balaban J connectivity index is 3.39. The molecule has 0 aliphatic heterocycles. The molecule has 82 valence electrons. The van der Waals surface area contributed by atoms with Gasteiger partial charge in [-0.25, -0.2) is 0 Å². The van der Waals surface area contributed by atoms with Crippen LogP contribution in [0.5, 0.6) is 0 Å². The average Bonchev–Trinajstić information content (AvgIpc) is 2.06. The van der Waals surface area contributed by atoms with Crippen LogP contribution in [0.2, 0.25) is 0 Å². The average molecular weight is 349 g/mol. The Hall–Kier alpha value is -0.630. The normalized spacial score (nSPS) is 11.5. The van der Waals surface area contributed by atoms with Crippen LogP contribution in [0, 0.1) is 10.1 Å². The van der Waals surface area contributed by atoms with Crippen LogP contribution in [0.3, 0.4) is 0 Å². The highest BCUT2D eigenvalue weighted by molar-refractivity contribution is 9.11. The molecule has 1 aromatic carbocycles. The van der Waals surface area contributed by atoms with Gasteiger partial charge >= 0.3 is 6.18 Å². The minimum absolute atomic E-state index is 0.206. The molecule has 0 bridgehead atoms. The molecule has 0 saturated heterocycles. The molecule has 0 atom stereocenters. The molecule has 0 fully saturated rings. The van der Waals surface area contributed by atoms with E-state index < -0.39 is 22.4 Å². The lowest BCUT2D eigenvalue weighted by atomic mass is 10.2. The fraction of sp³-hybridized carbons (Fsp3) is 0.143. The topological polar surface area (TPSA) is 43.1 Å². The second kappa shape index (κ2) is 4.09. The first-order valence-corrected chi connectivity index (χ1v) is 5.02. The molecule has 0 aliphatic rings. The number of nitrogens with zero attached hydrogens (tertiary/aromatic N) is 1. The number of nitro benzene ring substituents is 1. The molecule has 0 spiro atoms. The van der Waals surface area contributed by atoms with Crippen molar-refractivity contribution in [3.05, 3.63) is 36.8 Å². The van der Waals surface area contributed by atoms with Crippen LogP contribution < -0.4 is 0 Å². The first-order chi connectivity index (χ1) is 6.73. The highest BCUT2D eigenvalue weighted by atomic mass is 79.9. The van der Waals surface area contributed by atoms with Crippen molar-refractivity contribution in [3.63, 3.8) is 0 Å². The highest BCUT2D eigenvalue weighted by Gasteiger charge is 2.34. The fourth-order valence-corrected chi connectivity index (χ4v) is 1.94. The SMILES string of the molecule is O=[N+]([O-])c1cc(Br)c(C(F)(F)F)cc1Br. The van der Waals surface area contributed by atoms with Gasteiger partial charge in [0.25, 0.3) is 5.69 Å². The lowest BCUT2D eigenvalue weighted by Crippen LogP contribution is -2.06. The van der Waals surface area contributed by atoms with E-state index in [0.29, 0.717) is 6.07 Å². The van der Waals surface area contributed by atoms with Gasteiger partial charge in [-0.05, 0) is 37.9 Å². The van der Waals surface area contributed by atoms with E-state index in [0.717, 1.165) is 6.07 Å². The van der Waals surface area contributed by atoms with E-state index in [9.17, 15) is 23.3 Å². The van der Waals surface area contributed by atoms with Crippen LogP contribution in [0.4, 0.5) is 18.9 Å². The molecule has 0 amide bonds. The zero-order chi connectivity index (χ0) is 11.8. The summed E-state index contributed by atoms with van der Waals surface area (Å²) < 4.78 is 36.5. The summed E-state index contributed by atoms with van der Waals surface area (Å²) in [4.78, 5) is 9.64. The first-order valence-electron chi connectivity index (χ1n) is 3.44. The second-order valence-corrected chi connectivity index (χ2v) is 4.25. The third-order valence-electron chi connectivity index (χ3n) is 1.54. The zero-order valence-corrected chi connectivity index (χ0v) is 9.98. The Morgan fingerprint density at radius 1 is 1.20 bits per heavy atom. The zero-order valence-electron chi connectivity index (χ0n) is 6.81. The summed E-state index contributed by atoms with van der Waals surface area (Å²) in [7, 11) is 0. The van der Waals surface area contributed by atoms with Gasteiger partial charge in [0.05, 0.1) is 15.0 Å². The van der Waals surface area contributed by atoms with Gasteiger partial charge in [0, 0.05) is 10.5 Å².